The second kappa shape index (κ2) is 8.46. The van der Waals surface area contributed by atoms with E-state index in [-0.39, 0.29) is 17.3 Å². The second-order valence-corrected chi connectivity index (χ2v) is 7.15. The lowest BCUT2D eigenvalue weighted by Gasteiger charge is -2.12. The molecule has 0 spiro atoms. The quantitative estimate of drug-likeness (QED) is 0.353. The first-order chi connectivity index (χ1) is 15.4. The van der Waals surface area contributed by atoms with E-state index in [4.69, 9.17) is 9.72 Å². The lowest BCUT2D eigenvalue weighted by atomic mass is 10.0. The molecule has 9 heteroatoms. The van der Waals surface area contributed by atoms with E-state index >= 15 is 0 Å². The molecule has 0 aliphatic rings. The number of pyridine rings is 1. The number of methoxy groups -OCH3 is 1. The minimum atomic E-state index is -0.518. The summed E-state index contributed by atoms with van der Waals surface area (Å²) in [5.74, 6) is -0.177. The summed E-state index contributed by atoms with van der Waals surface area (Å²) in [4.78, 5) is 28.6. The number of ether oxygens (including phenoxy) is 1. The number of fused-ring (bicyclic) bond motifs is 1. The van der Waals surface area contributed by atoms with E-state index in [1.807, 2.05) is 49.0 Å². The van der Waals surface area contributed by atoms with Crippen LogP contribution < -0.4 is 10.1 Å². The van der Waals surface area contributed by atoms with Crippen LogP contribution in [0.15, 0.2) is 54.7 Å². The van der Waals surface area contributed by atoms with Crippen molar-refractivity contribution in [3.8, 4) is 17.0 Å². The fourth-order valence-corrected chi connectivity index (χ4v) is 3.52. The number of benzene rings is 2. The lowest BCUT2D eigenvalue weighted by molar-refractivity contribution is -0.384. The molecule has 9 nitrogen and oxygen atoms in total. The smallest absolute Gasteiger partial charge is 0.273 e. The number of nitro groups is 1. The third-order valence-electron chi connectivity index (χ3n) is 5.15. The Morgan fingerprint density at radius 3 is 2.69 bits per heavy atom. The molecular weight excluding hydrogens is 410 g/mol. The molecule has 162 valence electrons. The average Bonchev–Trinajstić information content (AvgIpc) is 3.19. The Labute approximate surface area is 183 Å². The molecule has 0 saturated heterocycles. The summed E-state index contributed by atoms with van der Waals surface area (Å²) < 4.78 is 7.06. The number of nitro benzene ring substituents is 1. The highest BCUT2D eigenvalue weighted by Crippen LogP contribution is 2.31. The van der Waals surface area contributed by atoms with Crippen molar-refractivity contribution in [3.05, 3.63) is 76.1 Å². The van der Waals surface area contributed by atoms with Gasteiger partial charge in [-0.1, -0.05) is 18.2 Å². The Balaban J connectivity index is 1.79. The third kappa shape index (κ3) is 3.87. The molecule has 1 N–H and O–H groups in total. The molecule has 0 aliphatic heterocycles. The van der Waals surface area contributed by atoms with Gasteiger partial charge >= 0.3 is 0 Å². The number of non-ortho nitro benzene ring substituents is 1. The van der Waals surface area contributed by atoms with Crippen LogP contribution in [0.5, 0.6) is 5.75 Å². The molecule has 32 heavy (non-hydrogen) atoms. The summed E-state index contributed by atoms with van der Waals surface area (Å²) in [6, 6.07) is 13.2. The molecule has 0 unspecified atom stereocenters. The molecule has 0 aliphatic carbocycles. The number of hydrogen-bond donors (Lipinski definition) is 1. The summed E-state index contributed by atoms with van der Waals surface area (Å²) in [6.07, 6.45) is 1.91. The highest BCUT2D eigenvalue weighted by atomic mass is 16.6. The largest absolute Gasteiger partial charge is 0.494 e. The standard InChI is InChI=1S/C23H21N5O4/c1-4-27-13-18(14(2)26-27)21-12-17(16-7-5-6-8-19(16)24-21)23(29)25-20-10-9-15(28(30)31)11-22(20)32-3/h5-13H,4H2,1-3H3,(H,25,29). The van der Waals surface area contributed by atoms with Crippen molar-refractivity contribution in [2.75, 3.05) is 12.4 Å². The van der Waals surface area contributed by atoms with Crippen LogP contribution in [-0.2, 0) is 6.54 Å². The van der Waals surface area contributed by atoms with Crippen molar-refractivity contribution in [2.24, 2.45) is 0 Å². The van der Waals surface area contributed by atoms with Gasteiger partial charge in [-0.3, -0.25) is 19.6 Å². The van der Waals surface area contributed by atoms with Crippen LogP contribution in [0.2, 0.25) is 0 Å². The maximum Gasteiger partial charge on any atom is 0.273 e. The number of anilines is 1. The van der Waals surface area contributed by atoms with E-state index in [9.17, 15) is 14.9 Å². The van der Waals surface area contributed by atoms with Crippen LogP contribution in [0.1, 0.15) is 23.0 Å². The minimum Gasteiger partial charge on any atom is -0.494 e. The number of nitrogens with zero attached hydrogens (tertiary/aromatic N) is 4. The number of aromatic nitrogens is 3. The number of amides is 1. The first-order valence-corrected chi connectivity index (χ1v) is 9.99. The zero-order valence-corrected chi connectivity index (χ0v) is 17.8. The molecule has 2 heterocycles. The topological polar surface area (TPSA) is 112 Å². The van der Waals surface area contributed by atoms with Gasteiger partial charge in [-0.25, -0.2) is 4.98 Å². The maximum atomic E-state index is 13.3. The fourth-order valence-electron chi connectivity index (χ4n) is 3.52. The number of carbonyl (C=O) groups is 1. The lowest BCUT2D eigenvalue weighted by Crippen LogP contribution is -2.14. The van der Waals surface area contributed by atoms with E-state index in [0.29, 0.717) is 27.8 Å². The van der Waals surface area contributed by atoms with Crippen LogP contribution in [-0.4, -0.2) is 32.7 Å². The Hall–Kier alpha value is -4.27. The Morgan fingerprint density at radius 2 is 2.00 bits per heavy atom. The van der Waals surface area contributed by atoms with Gasteiger partial charge in [0.05, 0.1) is 46.3 Å². The number of aryl methyl sites for hydroxylation is 2. The second-order valence-electron chi connectivity index (χ2n) is 7.15. The summed E-state index contributed by atoms with van der Waals surface area (Å²) in [7, 11) is 1.39. The van der Waals surface area contributed by atoms with E-state index in [0.717, 1.165) is 17.8 Å². The van der Waals surface area contributed by atoms with Gasteiger partial charge in [0.1, 0.15) is 5.75 Å². The van der Waals surface area contributed by atoms with E-state index in [1.165, 1.54) is 25.3 Å². The molecule has 4 rings (SSSR count). The molecule has 0 atom stereocenters. The van der Waals surface area contributed by atoms with Gasteiger partial charge in [-0.15, -0.1) is 0 Å². The number of rotatable bonds is 6. The average molecular weight is 431 g/mol. The highest BCUT2D eigenvalue weighted by Gasteiger charge is 2.19. The van der Waals surface area contributed by atoms with Gasteiger partial charge in [-0.05, 0) is 32.0 Å². The van der Waals surface area contributed by atoms with Crippen molar-refractivity contribution in [3.63, 3.8) is 0 Å². The Bertz CT molecular complexity index is 1350. The Kier molecular flexibility index (Phi) is 5.55. The number of hydrogen-bond acceptors (Lipinski definition) is 6. The predicted octanol–water partition coefficient (Wildman–Crippen LogP) is 4.60. The molecule has 1 amide bonds. The predicted molar refractivity (Wildman–Crippen MR) is 121 cm³/mol. The molecule has 0 radical (unpaired) electrons. The first-order valence-electron chi connectivity index (χ1n) is 9.99. The maximum absolute atomic E-state index is 13.3. The van der Waals surface area contributed by atoms with E-state index < -0.39 is 4.92 Å². The van der Waals surface area contributed by atoms with Gasteiger partial charge in [0.2, 0.25) is 0 Å². The van der Waals surface area contributed by atoms with Gasteiger partial charge in [0.15, 0.2) is 0 Å². The molecule has 2 aromatic heterocycles. The van der Waals surface area contributed by atoms with E-state index in [2.05, 4.69) is 10.4 Å². The van der Waals surface area contributed by atoms with Gasteiger partial charge in [-0.2, -0.15) is 5.10 Å². The third-order valence-corrected chi connectivity index (χ3v) is 5.15. The SMILES string of the molecule is CCn1cc(-c2cc(C(=O)Nc3ccc([N+](=O)[O-])cc3OC)c3ccccc3n2)c(C)n1. The van der Waals surface area contributed by atoms with Crippen LogP contribution in [0.4, 0.5) is 11.4 Å². The molecule has 0 saturated carbocycles. The monoisotopic (exact) mass is 431 g/mol. The van der Waals surface area contributed by atoms with Gasteiger partial charge < -0.3 is 10.1 Å². The molecule has 2 aromatic carbocycles. The van der Waals surface area contributed by atoms with Crippen LogP contribution >= 0.6 is 0 Å². The van der Waals surface area contributed by atoms with Gasteiger partial charge in [0.25, 0.3) is 11.6 Å². The number of nitrogens with one attached hydrogen (secondary N) is 1. The molecular formula is C23H21N5O4. The van der Waals surface area contributed by atoms with E-state index in [1.54, 1.807) is 6.07 Å². The number of para-hydroxylation sites is 1. The van der Waals surface area contributed by atoms with Crippen molar-refractivity contribution in [2.45, 2.75) is 20.4 Å². The van der Waals surface area contributed by atoms with Crippen molar-refractivity contribution in [1.29, 1.82) is 0 Å². The van der Waals surface area contributed by atoms with Gasteiger partial charge in [0, 0.05) is 29.8 Å². The van der Waals surface area contributed by atoms with Crippen LogP contribution in [0.3, 0.4) is 0 Å². The summed E-state index contributed by atoms with van der Waals surface area (Å²) in [5, 5.41) is 19.0. The minimum absolute atomic E-state index is 0.125. The first kappa shape index (κ1) is 21.0. The van der Waals surface area contributed by atoms with Crippen molar-refractivity contribution < 1.29 is 14.5 Å². The van der Waals surface area contributed by atoms with Crippen molar-refractivity contribution >= 4 is 28.2 Å². The Morgan fingerprint density at radius 1 is 1.22 bits per heavy atom. The summed E-state index contributed by atoms with van der Waals surface area (Å²) in [6.45, 7) is 4.63. The zero-order chi connectivity index (χ0) is 22.8. The van der Waals surface area contributed by atoms with Crippen LogP contribution in [0.25, 0.3) is 22.2 Å². The fraction of sp³-hybridized carbons (Fsp3) is 0.174. The normalized spacial score (nSPS) is 10.8. The zero-order valence-electron chi connectivity index (χ0n) is 17.8. The molecule has 0 bridgehead atoms. The summed E-state index contributed by atoms with van der Waals surface area (Å²) in [5.41, 5.74) is 3.61. The van der Waals surface area contributed by atoms with Crippen molar-refractivity contribution in [1.82, 2.24) is 14.8 Å². The number of carbonyl (C=O) groups excluding carboxylic acids is 1. The molecule has 4 aromatic rings. The van der Waals surface area contributed by atoms with Crippen LogP contribution in [0, 0.1) is 17.0 Å². The highest BCUT2D eigenvalue weighted by molar-refractivity contribution is 6.13. The molecule has 0 fully saturated rings. The summed E-state index contributed by atoms with van der Waals surface area (Å²) >= 11 is 0.